The summed E-state index contributed by atoms with van der Waals surface area (Å²) in [6, 6.07) is 16.8. The van der Waals surface area contributed by atoms with Crippen LogP contribution in [0, 0.1) is 0 Å². The Morgan fingerprint density at radius 2 is 1.97 bits per heavy atom. The zero-order valence-corrected chi connectivity index (χ0v) is 18.6. The lowest BCUT2D eigenvalue weighted by molar-refractivity contribution is 0.0492. The summed E-state index contributed by atoms with van der Waals surface area (Å²) in [6.45, 7) is 4.70. The molecule has 8 nitrogen and oxygen atoms in total. The number of piperazine rings is 1. The van der Waals surface area contributed by atoms with Gasteiger partial charge in [0.15, 0.2) is 0 Å². The molecule has 1 atom stereocenters. The van der Waals surface area contributed by atoms with Crippen molar-refractivity contribution in [3.8, 4) is 5.75 Å². The summed E-state index contributed by atoms with van der Waals surface area (Å²) < 4.78 is 21.9. The van der Waals surface area contributed by atoms with Crippen molar-refractivity contribution < 1.29 is 28.2 Å². The lowest BCUT2D eigenvalue weighted by Crippen LogP contribution is -2.53. The van der Waals surface area contributed by atoms with Crippen LogP contribution in [0.15, 0.2) is 59.0 Å². The van der Waals surface area contributed by atoms with Crippen molar-refractivity contribution in [3.63, 3.8) is 0 Å². The van der Waals surface area contributed by atoms with Gasteiger partial charge in [-0.15, -0.1) is 0 Å². The number of ether oxygens (including phenoxy) is 3. The molecule has 2 aromatic carbocycles. The number of amides is 1. The van der Waals surface area contributed by atoms with Gasteiger partial charge in [0, 0.05) is 31.1 Å². The van der Waals surface area contributed by atoms with E-state index in [4.69, 9.17) is 18.6 Å². The van der Waals surface area contributed by atoms with E-state index in [0.717, 1.165) is 17.4 Å². The van der Waals surface area contributed by atoms with Crippen LogP contribution in [-0.2, 0) is 16.1 Å². The van der Waals surface area contributed by atoms with Crippen molar-refractivity contribution in [1.82, 2.24) is 10.2 Å². The van der Waals surface area contributed by atoms with Gasteiger partial charge in [-0.2, -0.15) is 0 Å². The molecule has 8 heteroatoms. The summed E-state index contributed by atoms with van der Waals surface area (Å²) in [7, 11) is 0. The van der Waals surface area contributed by atoms with E-state index in [1.165, 1.54) is 0 Å². The molecule has 1 amide bonds. The van der Waals surface area contributed by atoms with Crippen molar-refractivity contribution >= 4 is 23.0 Å². The summed E-state index contributed by atoms with van der Waals surface area (Å²) in [5, 5.41) is 4.20. The standard InChI is InChI=1S/C25H28N2O6/c1-2-30-24(28)23-15-19-14-21(8-9-22(19)33-23)31-13-10-20-16-27(12-11-26-20)25(29)32-17-18-6-4-3-5-7-18/h3-9,14-15,20,26H,2,10-13,16-17H2,1H3/t20-/m1/s1. The number of carbonyl (C=O) groups excluding carboxylic acids is 2. The Bertz CT molecular complexity index is 1080. The maximum Gasteiger partial charge on any atom is 0.410 e. The highest BCUT2D eigenvalue weighted by Gasteiger charge is 2.24. The molecule has 33 heavy (non-hydrogen) atoms. The van der Waals surface area contributed by atoms with Crippen LogP contribution in [0.2, 0.25) is 0 Å². The molecule has 2 heterocycles. The van der Waals surface area contributed by atoms with E-state index in [9.17, 15) is 9.59 Å². The molecule has 0 spiro atoms. The van der Waals surface area contributed by atoms with Gasteiger partial charge in [0.2, 0.25) is 5.76 Å². The highest BCUT2D eigenvalue weighted by molar-refractivity contribution is 5.92. The van der Waals surface area contributed by atoms with E-state index in [-0.39, 0.29) is 24.5 Å². The van der Waals surface area contributed by atoms with Gasteiger partial charge >= 0.3 is 12.1 Å². The molecule has 1 aliphatic rings. The van der Waals surface area contributed by atoms with Crippen LogP contribution in [-0.4, -0.2) is 55.9 Å². The van der Waals surface area contributed by atoms with Crippen molar-refractivity contribution in [3.05, 3.63) is 65.9 Å². The van der Waals surface area contributed by atoms with E-state index in [0.29, 0.717) is 44.2 Å². The number of fused-ring (bicyclic) bond motifs is 1. The number of hydrogen-bond donors (Lipinski definition) is 1. The molecule has 1 fully saturated rings. The van der Waals surface area contributed by atoms with E-state index >= 15 is 0 Å². The van der Waals surface area contributed by atoms with Gasteiger partial charge < -0.3 is 28.8 Å². The molecular formula is C25H28N2O6. The average molecular weight is 453 g/mol. The van der Waals surface area contributed by atoms with Crippen molar-refractivity contribution in [2.24, 2.45) is 0 Å². The van der Waals surface area contributed by atoms with Gasteiger partial charge in [0.05, 0.1) is 13.2 Å². The molecule has 1 aliphatic heterocycles. The molecule has 3 aromatic rings. The molecular weight excluding hydrogens is 424 g/mol. The van der Waals surface area contributed by atoms with Gasteiger partial charge in [-0.05, 0) is 43.2 Å². The smallest absolute Gasteiger partial charge is 0.410 e. The Labute approximate surface area is 192 Å². The van der Waals surface area contributed by atoms with Crippen LogP contribution in [0.25, 0.3) is 11.0 Å². The number of hydrogen-bond acceptors (Lipinski definition) is 7. The van der Waals surface area contributed by atoms with Gasteiger partial charge in [0.25, 0.3) is 0 Å². The van der Waals surface area contributed by atoms with E-state index in [2.05, 4.69) is 5.32 Å². The summed E-state index contributed by atoms with van der Waals surface area (Å²) in [6.07, 6.45) is 0.439. The molecule has 1 saturated heterocycles. The first-order chi connectivity index (χ1) is 16.1. The van der Waals surface area contributed by atoms with Crippen molar-refractivity contribution in [2.75, 3.05) is 32.8 Å². The Morgan fingerprint density at radius 1 is 1.12 bits per heavy atom. The Hall–Kier alpha value is -3.52. The van der Waals surface area contributed by atoms with Crippen LogP contribution in [0.1, 0.15) is 29.5 Å². The molecule has 0 bridgehead atoms. The number of benzene rings is 2. The largest absolute Gasteiger partial charge is 0.494 e. The number of furan rings is 1. The first kappa shape index (κ1) is 22.7. The summed E-state index contributed by atoms with van der Waals surface area (Å²) in [5.41, 5.74) is 1.57. The monoisotopic (exact) mass is 452 g/mol. The van der Waals surface area contributed by atoms with Crippen LogP contribution in [0.4, 0.5) is 4.79 Å². The third kappa shape index (κ3) is 6.04. The van der Waals surface area contributed by atoms with E-state index in [1.54, 1.807) is 24.0 Å². The second-order valence-corrected chi connectivity index (χ2v) is 7.81. The summed E-state index contributed by atoms with van der Waals surface area (Å²) in [4.78, 5) is 26.0. The maximum atomic E-state index is 12.4. The second-order valence-electron chi connectivity index (χ2n) is 7.81. The van der Waals surface area contributed by atoms with Crippen LogP contribution >= 0.6 is 0 Å². The average Bonchev–Trinajstić information content (AvgIpc) is 3.27. The predicted molar refractivity (Wildman–Crippen MR) is 122 cm³/mol. The Balaban J connectivity index is 1.24. The van der Waals surface area contributed by atoms with E-state index in [1.807, 2.05) is 42.5 Å². The highest BCUT2D eigenvalue weighted by atomic mass is 16.6. The van der Waals surface area contributed by atoms with Crippen molar-refractivity contribution in [2.45, 2.75) is 26.0 Å². The predicted octanol–water partition coefficient (Wildman–Crippen LogP) is 3.99. The summed E-state index contributed by atoms with van der Waals surface area (Å²) >= 11 is 0. The number of nitrogens with zero attached hydrogens (tertiary/aromatic N) is 1. The van der Waals surface area contributed by atoms with Gasteiger partial charge in [-0.3, -0.25) is 0 Å². The molecule has 0 radical (unpaired) electrons. The van der Waals surface area contributed by atoms with E-state index < -0.39 is 5.97 Å². The first-order valence-corrected chi connectivity index (χ1v) is 11.1. The fourth-order valence-electron chi connectivity index (χ4n) is 3.73. The zero-order valence-electron chi connectivity index (χ0n) is 18.6. The second kappa shape index (κ2) is 10.9. The third-order valence-corrected chi connectivity index (χ3v) is 5.42. The SMILES string of the molecule is CCOC(=O)c1cc2cc(OCC[C@@H]3CN(C(=O)OCc4ccccc4)CCN3)ccc2o1. The number of rotatable bonds is 8. The van der Waals surface area contributed by atoms with Crippen molar-refractivity contribution in [1.29, 1.82) is 0 Å². The minimum atomic E-state index is -0.480. The van der Waals surface area contributed by atoms with Crippen LogP contribution in [0.5, 0.6) is 5.75 Å². The number of nitrogens with one attached hydrogen (secondary N) is 1. The lowest BCUT2D eigenvalue weighted by Gasteiger charge is -2.33. The molecule has 1 aromatic heterocycles. The van der Waals surface area contributed by atoms with Crippen LogP contribution < -0.4 is 10.1 Å². The quantitative estimate of drug-likeness (QED) is 0.517. The maximum absolute atomic E-state index is 12.4. The molecule has 0 aliphatic carbocycles. The lowest BCUT2D eigenvalue weighted by atomic mass is 10.1. The number of carbonyl (C=O) groups is 2. The minimum absolute atomic E-state index is 0.121. The molecule has 4 rings (SSSR count). The fraction of sp³-hybridized carbons (Fsp3) is 0.360. The Morgan fingerprint density at radius 3 is 2.79 bits per heavy atom. The molecule has 174 valence electrons. The normalized spacial score (nSPS) is 15.9. The van der Waals surface area contributed by atoms with Crippen LogP contribution in [0.3, 0.4) is 0 Å². The Kier molecular flexibility index (Phi) is 7.47. The van der Waals surface area contributed by atoms with Gasteiger partial charge in [0.1, 0.15) is 17.9 Å². The summed E-state index contributed by atoms with van der Waals surface area (Å²) in [5.74, 6) is 0.384. The zero-order chi connectivity index (χ0) is 23.0. The number of esters is 1. The highest BCUT2D eigenvalue weighted by Crippen LogP contribution is 2.25. The van der Waals surface area contributed by atoms with Gasteiger partial charge in [-0.25, -0.2) is 9.59 Å². The first-order valence-electron chi connectivity index (χ1n) is 11.1. The molecule has 0 unspecified atom stereocenters. The third-order valence-electron chi connectivity index (χ3n) is 5.42. The molecule has 0 saturated carbocycles. The topological polar surface area (TPSA) is 90.2 Å². The minimum Gasteiger partial charge on any atom is -0.494 e. The van der Waals surface area contributed by atoms with Gasteiger partial charge in [-0.1, -0.05) is 30.3 Å². The molecule has 1 N–H and O–H groups in total. The fourth-order valence-corrected chi connectivity index (χ4v) is 3.73.